The Morgan fingerprint density at radius 2 is 2.28 bits per heavy atom. The third-order valence-corrected chi connectivity index (χ3v) is 2.60. The Morgan fingerprint density at radius 3 is 2.89 bits per heavy atom. The number of benzene rings is 1. The molecule has 0 bridgehead atoms. The minimum Gasteiger partial charge on any atom is -0.491 e. The lowest BCUT2D eigenvalue weighted by atomic mass is 10.3. The number of aliphatic hydroxyl groups excluding tert-OH is 1. The molecule has 1 aromatic rings. The van der Waals surface area contributed by atoms with Crippen molar-refractivity contribution >= 4 is 15.9 Å². The van der Waals surface area contributed by atoms with Gasteiger partial charge in [0.05, 0.1) is 12.6 Å². The molecule has 0 aliphatic heterocycles. The van der Waals surface area contributed by atoms with E-state index in [-0.39, 0.29) is 13.2 Å². The second kappa shape index (κ2) is 7.31. The molecule has 0 unspecified atom stereocenters. The predicted octanol–water partition coefficient (Wildman–Crippen LogP) is 1.78. The van der Waals surface area contributed by atoms with Crippen LogP contribution in [0.25, 0.3) is 0 Å². The van der Waals surface area contributed by atoms with Crippen molar-refractivity contribution in [3.8, 4) is 11.8 Å². The number of halogens is 2. The topological polar surface area (TPSA) is 56.5 Å². The van der Waals surface area contributed by atoms with Crippen LogP contribution in [0.4, 0.5) is 4.39 Å². The minimum absolute atomic E-state index is 0.0473. The van der Waals surface area contributed by atoms with Crippen molar-refractivity contribution in [3.05, 3.63) is 28.5 Å². The largest absolute Gasteiger partial charge is 0.491 e. The van der Waals surface area contributed by atoms with Crippen molar-refractivity contribution < 1.29 is 14.2 Å². The van der Waals surface area contributed by atoms with Gasteiger partial charge in [-0.3, -0.25) is 4.90 Å². The van der Waals surface area contributed by atoms with Gasteiger partial charge in [-0.2, -0.15) is 5.26 Å². The molecule has 6 heteroatoms. The van der Waals surface area contributed by atoms with Crippen LogP contribution >= 0.6 is 15.9 Å². The summed E-state index contributed by atoms with van der Waals surface area (Å²) < 4.78 is 18.9. The molecule has 0 spiro atoms. The maximum absolute atomic E-state index is 13.0. The molecule has 0 aromatic heterocycles. The Balaban J connectivity index is 2.42. The molecule has 1 atom stereocenters. The van der Waals surface area contributed by atoms with E-state index >= 15 is 0 Å². The molecule has 4 nitrogen and oxygen atoms in total. The molecule has 0 aliphatic carbocycles. The lowest BCUT2D eigenvalue weighted by Gasteiger charge is -2.18. The number of hydrogen-bond acceptors (Lipinski definition) is 4. The third-order valence-electron chi connectivity index (χ3n) is 2.14. The first kappa shape index (κ1) is 14.9. The monoisotopic (exact) mass is 316 g/mol. The fourth-order valence-corrected chi connectivity index (χ4v) is 1.85. The summed E-state index contributed by atoms with van der Waals surface area (Å²) in [5.41, 5.74) is 0. The molecule has 0 fully saturated rings. The van der Waals surface area contributed by atoms with Gasteiger partial charge in [0.25, 0.3) is 0 Å². The summed E-state index contributed by atoms with van der Waals surface area (Å²) in [6.45, 7) is 0.609. The van der Waals surface area contributed by atoms with E-state index in [0.29, 0.717) is 16.8 Å². The van der Waals surface area contributed by atoms with E-state index in [2.05, 4.69) is 15.9 Å². The van der Waals surface area contributed by atoms with Gasteiger partial charge >= 0.3 is 0 Å². The molecule has 0 saturated carbocycles. The van der Waals surface area contributed by atoms with Crippen molar-refractivity contribution in [1.82, 2.24) is 4.90 Å². The van der Waals surface area contributed by atoms with Crippen molar-refractivity contribution in [3.63, 3.8) is 0 Å². The smallest absolute Gasteiger partial charge is 0.128 e. The number of hydrogen-bond donors (Lipinski definition) is 1. The number of aliphatic hydroxyl groups is 1. The van der Waals surface area contributed by atoms with E-state index < -0.39 is 11.9 Å². The summed E-state index contributed by atoms with van der Waals surface area (Å²) in [5, 5.41) is 18.1. The zero-order valence-electron chi connectivity index (χ0n) is 9.94. The quantitative estimate of drug-likeness (QED) is 0.813. The van der Waals surface area contributed by atoms with E-state index in [1.165, 1.54) is 12.1 Å². The van der Waals surface area contributed by atoms with Gasteiger partial charge in [-0.25, -0.2) is 4.39 Å². The normalized spacial score (nSPS) is 12.2. The molecule has 0 saturated heterocycles. The van der Waals surface area contributed by atoms with Crippen molar-refractivity contribution in [2.24, 2.45) is 0 Å². The molecule has 0 aliphatic rings. The highest BCUT2D eigenvalue weighted by Crippen LogP contribution is 2.20. The Hall–Kier alpha value is -1.16. The highest BCUT2D eigenvalue weighted by Gasteiger charge is 2.09. The Bertz CT molecular complexity index is 416. The first-order valence-electron chi connectivity index (χ1n) is 5.33. The van der Waals surface area contributed by atoms with Gasteiger partial charge in [0.2, 0.25) is 0 Å². The maximum atomic E-state index is 13.0. The van der Waals surface area contributed by atoms with Gasteiger partial charge in [0.1, 0.15) is 24.3 Å². The fraction of sp³-hybridized carbons (Fsp3) is 0.417. The van der Waals surface area contributed by atoms with E-state index in [1.54, 1.807) is 18.0 Å². The molecule has 0 amide bonds. The fourth-order valence-electron chi connectivity index (χ4n) is 1.40. The molecular weight excluding hydrogens is 303 g/mol. The molecule has 1 aromatic carbocycles. The molecule has 98 valence electrons. The number of nitrogens with zero attached hydrogens (tertiary/aromatic N) is 2. The van der Waals surface area contributed by atoms with Gasteiger partial charge in [0.15, 0.2) is 0 Å². The first-order valence-corrected chi connectivity index (χ1v) is 6.13. The summed E-state index contributed by atoms with van der Waals surface area (Å²) in [4.78, 5) is 1.68. The number of rotatable bonds is 6. The standard InChI is InChI=1S/C12H14BrFN2O2/c1-16(3-2-15)7-11(17)8-18-12-5-9(13)4-10(14)6-12/h4-6,11,17H,3,7-8H2,1H3/t11-/m1/s1. The Kier molecular flexibility index (Phi) is 6.05. The summed E-state index contributed by atoms with van der Waals surface area (Å²) in [7, 11) is 1.73. The van der Waals surface area contributed by atoms with Crippen LogP contribution in [-0.2, 0) is 0 Å². The summed E-state index contributed by atoms with van der Waals surface area (Å²) in [5.74, 6) is -0.0562. The average molecular weight is 317 g/mol. The lowest BCUT2D eigenvalue weighted by molar-refractivity contribution is 0.0797. The molecule has 1 rings (SSSR count). The third kappa shape index (κ3) is 5.45. The van der Waals surface area contributed by atoms with Crippen LogP contribution < -0.4 is 4.74 Å². The molecule has 0 heterocycles. The van der Waals surface area contributed by atoms with Crippen molar-refractivity contribution in [2.75, 3.05) is 26.7 Å². The number of ether oxygens (including phenoxy) is 1. The molecule has 18 heavy (non-hydrogen) atoms. The SMILES string of the molecule is CN(CC#N)C[C@@H](O)COc1cc(F)cc(Br)c1. The van der Waals surface area contributed by atoms with Crippen LogP contribution in [0.5, 0.6) is 5.75 Å². The van der Waals surface area contributed by atoms with Crippen molar-refractivity contribution in [1.29, 1.82) is 5.26 Å². The predicted molar refractivity (Wildman–Crippen MR) is 68.7 cm³/mol. The summed E-state index contributed by atoms with van der Waals surface area (Å²) >= 11 is 3.15. The zero-order valence-corrected chi connectivity index (χ0v) is 11.5. The van der Waals surface area contributed by atoms with Gasteiger partial charge in [-0.15, -0.1) is 0 Å². The Morgan fingerprint density at radius 1 is 1.56 bits per heavy atom. The maximum Gasteiger partial charge on any atom is 0.128 e. The zero-order chi connectivity index (χ0) is 13.5. The molecule has 1 N–H and O–H groups in total. The number of likely N-dealkylation sites (N-methyl/N-ethyl adjacent to an activating group) is 1. The molecular formula is C12H14BrFN2O2. The van der Waals surface area contributed by atoms with Crippen LogP contribution in [-0.4, -0.2) is 42.9 Å². The summed E-state index contributed by atoms with van der Waals surface area (Å²) in [6, 6.07) is 6.17. The first-order chi connectivity index (χ1) is 8.51. The van der Waals surface area contributed by atoms with Gasteiger partial charge in [0, 0.05) is 17.1 Å². The second-order valence-electron chi connectivity index (χ2n) is 3.92. The highest BCUT2D eigenvalue weighted by molar-refractivity contribution is 9.10. The van der Waals surface area contributed by atoms with Crippen LogP contribution in [0.1, 0.15) is 0 Å². The summed E-state index contributed by atoms with van der Waals surface area (Å²) in [6.07, 6.45) is -0.731. The van der Waals surface area contributed by atoms with Crippen LogP contribution in [0.2, 0.25) is 0 Å². The Labute approximate surface area is 114 Å². The van der Waals surface area contributed by atoms with Gasteiger partial charge in [-0.1, -0.05) is 15.9 Å². The average Bonchev–Trinajstić information content (AvgIpc) is 2.25. The van der Waals surface area contributed by atoms with Gasteiger partial charge in [-0.05, 0) is 19.2 Å². The van der Waals surface area contributed by atoms with E-state index in [9.17, 15) is 9.50 Å². The van der Waals surface area contributed by atoms with Crippen molar-refractivity contribution in [2.45, 2.75) is 6.10 Å². The van der Waals surface area contributed by atoms with Crippen LogP contribution in [0, 0.1) is 17.1 Å². The van der Waals surface area contributed by atoms with E-state index in [4.69, 9.17) is 10.00 Å². The van der Waals surface area contributed by atoms with E-state index in [0.717, 1.165) is 0 Å². The minimum atomic E-state index is -0.731. The molecule has 0 radical (unpaired) electrons. The van der Waals surface area contributed by atoms with E-state index in [1.807, 2.05) is 6.07 Å². The van der Waals surface area contributed by atoms with Crippen LogP contribution in [0.15, 0.2) is 22.7 Å². The van der Waals surface area contributed by atoms with Crippen LogP contribution in [0.3, 0.4) is 0 Å². The second-order valence-corrected chi connectivity index (χ2v) is 4.84. The van der Waals surface area contributed by atoms with Gasteiger partial charge < -0.3 is 9.84 Å². The lowest BCUT2D eigenvalue weighted by Crippen LogP contribution is -2.33. The highest BCUT2D eigenvalue weighted by atomic mass is 79.9. The number of nitriles is 1.